The molecular formula is C28H29N3O4. The first kappa shape index (κ1) is 22.9. The van der Waals surface area contributed by atoms with Crippen molar-refractivity contribution in [1.29, 1.82) is 0 Å². The molecule has 1 atom stereocenters. The third-order valence-corrected chi connectivity index (χ3v) is 6.36. The molecule has 0 aromatic heterocycles. The number of amides is 2. The number of nitrogens with one attached hydrogen (secondary N) is 1. The molecule has 0 spiro atoms. The third kappa shape index (κ3) is 5.63. The SMILES string of the molecule is O=C(CN1CCN(C(=O)[C@H]2COc3ccccc3O2)CC1)Nc1ccccc1Cc1ccccc1. The molecule has 35 heavy (non-hydrogen) atoms. The molecule has 0 bridgehead atoms. The molecule has 3 aromatic rings. The first-order valence-electron chi connectivity index (χ1n) is 12.0. The Morgan fingerprint density at radius 3 is 2.31 bits per heavy atom. The van der Waals surface area contributed by atoms with Crippen molar-refractivity contribution in [2.75, 3.05) is 44.6 Å². The van der Waals surface area contributed by atoms with Crippen molar-refractivity contribution in [3.8, 4) is 11.5 Å². The summed E-state index contributed by atoms with van der Waals surface area (Å²) in [6, 6.07) is 25.5. The predicted molar refractivity (Wildman–Crippen MR) is 134 cm³/mol. The average Bonchev–Trinajstić information content (AvgIpc) is 2.90. The molecule has 1 saturated heterocycles. The number of ether oxygens (including phenoxy) is 2. The van der Waals surface area contributed by atoms with Crippen LogP contribution in [-0.4, -0.2) is 67.0 Å². The smallest absolute Gasteiger partial charge is 0.267 e. The maximum Gasteiger partial charge on any atom is 0.267 e. The lowest BCUT2D eigenvalue weighted by Crippen LogP contribution is -2.54. The third-order valence-electron chi connectivity index (χ3n) is 6.36. The van der Waals surface area contributed by atoms with Gasteiger partial charge in [0.15, 0.2) is 11.5 Å². The number of fused-ring (bicyclic) bond motifs is 1. The van der Waals surface area contributed by atoms with Crippen LogP contribution in [0.5, 0.6) is 11.5 Å². The van der Waals surface area contributed by atoms with E-state index in [4.69, 9.17) is 9.47 Å². The topological polar surface area (TPSA) is 71.1 Å². The highest BCUT2D eigenvalue weighted by Gasteiger charge is 2.32. The summed E-state index contributed by atoms with van der Waals surface area (Å²) < 4.78 is 11.6. The summed E-state index contributed by atoms with van der Waals surface area (Å²) in [5, 5.41) is 3.08. The number of piperazine rings is 1. The number of carbonyl (C=O) groups is 2. The molecular weight excluding hydrogens is 442 g/mol. The molecule has 5 rings (SSSR count). The fraction of sp³-hybridized carbons (Fsp3) is 0.286. The summed E-state index contributed by atoms with van der Waals surface area (Å²) in [4.78, 5) is 29.6. The van der Waals surface area contributed by atoms with Crippen LogP contribution < -0.4 is 14.8 Å². The molecule has 2 amide bonds. The van der Waals surface area contributed by atoms with Crippen molar-refractivity contribution in [3.05, 3.63) is 90.0 Å². The van der Waals surface area contributed by atoms with Crippen LogP contribution in [0.4, 0.5) is 5.69 Å². The molecule has 7 nitrogen and oxygen atoms in total. The fourth-order valence-corrected chi connectivity index (χ4v) is 4.48. The normalized spacial score (nSPS) is 17.6. The maximum absolute atomic E-state index is 12.9. The van der Waals surface area contributed by atoms with Crippen molar-refractivity contribution in [1.82, 2.24) is 9.80 Å². The Hall–Kier alpha value is -3.84. The summed E-state index contributed by atoms with van der Waals surface area (Å²) in [6.45, 7) is 2.87. The van der Waals surface area contributed by atoms with E-state index in [0.29, 0.717) is 37.7 Å². The Morgan fingerprint density at radius 2 is 1.51 bits per heavy atom. The molecule has 0 radical (unpaired) electrons. The highest BCUT2D eigenvalue weighted by molar-refractivity contribution is 5.93. The van der Waals surface area contributed by atoms with E-state index in [-0.39, 0.29) is 25.0 Å². The number of carbonyl (C=O) groups excluding carboxylic acids is 2. The maximum atomic E-state index is 12.9. The first-order valence-corrected chi connectivity index (χ1v) is 12.0. The van der Waals surface area contributed by atoms with Gasteiger partial charge in [0.2, 0.25) is 12.0 Å². The number of hydrogen-bond donors (Lipinski definition) is 1. The monoisotopic (exact) mass is 471 g/mol. The van der Waals surface area contributed by atoms with Gasteiger partial charge in [-0.25, -0.2) is 0 Å². The Balaban J connectivity index is 1.11. The van der Waals surface area contributed by atoms with Gasteiger partial charge >= 0.3 is 0 Å². The molecule has 1 fully saturated rings. The Labute approximate surface area is 205 Å². The molecule has 2 aliphatic heterocycles. The van der Waals surface area contributed by atoms with Crippen LogP contribution in [0.25, 0.3) is 0 Å². The first-order chi connectivity index (χ1) is 17.2. The summed E-state index contributed by atoms with van der Waals surface area (Å²) in [5.41, 5.74) is 3.12. The van der Waals surface area contributed by atoms with Crippen LogP contribution in [0.15, 0.2) is 78.9 Å². The van der Waals surface area contributed by atoms with Gasteiger partial charge in [-0.15, -0.1) is 0 Å². The van der Waals surface area contributed by atoms with Gasteiger partial charge in [-0.3, -0.25) is 14.5 Å². The molecule has 0 aliphatic carbocycles. The lowest BCUT2D eigenvalue weighted by atomic mass is 10.0. The molecule has 7 heteroatoms. The Kier molecular flexibility index (Phi) is 6.95. The zero-order valence-corrected chi connectivity index (χ0v) is 19.6. The fourth-order valence-electron chi connectivity index (χ4n) is 4.48. The molecule has 3 aromatic carbocycles. The van der Waals surface area contributed by atoms with Crippen LogP contribution in [-0.2, 0) is 16.0 Å². The average molecular weight is 472 g/mol. The summed E-state index contributed by atoms with van der Waals surface area (Å²) in [7, 11) is 0. The molecule has 180 valence electrons. The van der Waals surface area contributed by atoms with Crippen molar-refractivity contribution in [2.24, 2.45) is 0 Å². The van der Waals surface area contributed by atoms with E-state index in [0.717, 1.165) is 17.7 Å². The van der Waals surface area contributed by atoms with Crippen LogP contribution >= 0.6 is 0 Å². The van der Waals surface area contributed by atoms with Gasteiger partial charge in [-0.1, -0.05) is 60.7 Å². The number of benzene rings is 3. The van der Waals surface area contributed by atoms with Crippen molar-refractivity contribution in [3.63, 3.8) is 0 Å². The summed E-state index contributed by atoms with van der Waals surface area (Å²) in [5.74, 6) is 1.14. The number of nitrogens with zero attached hydrogens (tertiary/aromatic N) is 2. The zero-order chi connectivity index (χ0) is 24.0. The van der Waals surface area contributed by atoms with E-state index in [1.54, 1.807) is 4.90 Å². The highest BCUT2D eigenvalue weighted by atomic mass is 16.6. The summed E-state index contributed by atoms with van der Waals surface area (Å²) >= 11 is 0. The van der Waals surface area contributed by atoms with E-state index < -0.39 is 6.10 Å². The number of hydrogen-bond acceptors (Lipinski definition) is 5. The second kappa shape index (κ2) is 10.6. The minimum absolute atomic E-state index is 0.0501. The highest BCUT2D eigenvalue weighted by Crippen LogP contribution is 2.31. The van der Waals surface area contributed by atoms with Crippen LogP contribution in [0.2, 0.25) is 0 Å². The molecule has 1 N–H and O–H groups in total. The zero-order valence-electron chi connectivity index (χ0n) is 19.6. The van der Waals surface area contributed by atoms with Gasteiger partial charge < -0.3 is 19.7 Å². The molecule has 2 aliphatic rings. The van der Waals surface area contributed by atoms with Crippen LogP contribution in [0.3, 0.4) is 0 Å². The number of rotatable bonds is 6. The molecule has 0 saturated carbocycles. The minimum atomic E-state index is -0.638. The van der Waals surface area contributed by atoms with Crippen molar-refractivity contribution in [2.45, 2.75) is 12.5 Å². The largest absolute Gasteiger partial charge is 0.485 e. The van der Waals surface area contributed by atoms with Crippen LogP contribution in [0, 0.1) is 0 Å². The minimum Gasteiger partial charge on any atom is -0.485 e. The lowest BCUT2D eigenvalue weighted by molar-refractivity contribution is -0.143. The molecule has 0 unspecified atom stereocenters. The summed E-state index contributed by atoms with van der Waals surface area (Å²) in [6.07, 6.45) is 0.121. The van der Waals surface area contributed by atoms with E-state index in [1.807, 2.05) is 66.7 Å². The van der Waals surface area contributed by atoms with E-state index in [2.05, 4.69) is 22.3 Å². The molecule has 2 heterocycles. The quantitative estimate of drug-likeness (QED) is 0.598. The van der Waals surface area contributed by atoms with Gasteiger partial charge in [-0.2, -0.15) is 0 Å². The van der Waals surface area contributed by atoms with Crippen LogP contribution in [0.1, 0.15) is 11.1 Å². The Bertz CT molecular complexity index is 1180. The van der Waals surface area contributed by atoms with Gasteiger partial charge in [0, 0.05) is 31.9 Å². The standard InChI is InChI=1S/C28H29N3O4/c32-27(29-23-11-5-4-10-22(23)18-21-8-2-1-3-9-21)19-30-14-16-31(17-15-30)28(33)26-20-34-24-12-6-7-13-25(24)35-26/h1-13,26H,14-20H2,(H,29,32)/t26-/m1/s1. The lowest BCUT2D eigenvalue weighted by Gasteiger charge is -2.36. The van der Waals surface area contributed by atoms with E-state index in [1.165, 1.54) is 5.56 Å². The van der Waals surface area contributed by atoms with E-state index >= 15 is 0 Å². The number of para-hydroxylation sites is 3. The van der Waals surface area contributed by atoms with Gasteiger partial charge in [0.25, 0.3) is 5.91 Å². The van der Waals surface area contributed by atoms with Crippen molar-refractivity contribution < 1.29 is 19.1 Å². The second-order valence-electron chi connectivity index (χ2n) is 8.83. The van der Waals surface area contributed by atoms with Gasteiger partial charge in [-0.05, 0) is 35.7 Å². The van der Waals surface area contributed by atoms with Crippen molar-refractivity contribution >= 4 is 17.5 Å². The Morgan fingerprint density at radius 1 is 0.829 bits per heavy atom. The second-order valence-corrected chi connectivity index (χ2v) is 8.83. The number of anilines is 1. The van der Waals surface area contributed by atoms with Gasteiger partial charge in [0.1, 0.15) is 6.61 Å². The van der Waals surface area contributed by atoms with E-state index in [9.17, 15) is 9.59 Å². The van der Waals surface area contributed by atoms with Gasteiger partial charge in [0.05, 0.1) is 6.54 Å². The predicted octanol–water partition coefficient (Wildman–Crippen LogP) is 3.20.